The van der Waals surface area contributed by atoms with Crippen LogP contribution in [0.3, 0.4) is 0 Å². The first kappa shape index (κ1) is 15.2. The minimum atomic E-state index is -0.245. The Labute approximate surface area is 145 Å². The predicted octanol–water partition coefficient (Wildman–Crippen LogP) is 4.16. The number of alkyl halides is 2. The molecule has 2 saturated heterocycles. The molecule has 0 aliphatic carbocycles. The molecule has 104 valence electrons. The zero-order valence-corrected chi connectivity index (χ0v) is 16.1. The third kappa shape index (κ3) is 2.81. The normalized spacial score (nSPS) is 34.8. The summed E-state index contributed by atoms with van der Waals surface area (Å²) in [5, 5.41) is 0. The molecule has 2 fully saturated rings. The first-order chi connectivity index (χ1) is 9.05. The van der Waals surface area contributed by atoms with Gasteiger partial charge in [-0.2, -0.15) is 0 Å². The van der Waals surface area contributed by atoms with Crippen LogP contribution in [0.15, 0.2) is 18.2 Å². The molecule has 2 atom stereocenters. The second kappa shape index (κ2) is 5.83. The molecular weight excluding hydrogens is 450 g/mol. The zero-order valence-electron chi connectivity index (χ0n) is 9.61. The lowest BCUT2D eigenvalue weighted by Crippen LogP contribution is -2.34. The molecule has 19 heavy (non-hydrogen) atoms. The average molecular weight is 461 g/mol. The van der Waals surface area contributed by atoms with Crippen molar-refractivity contribution in [1.29, 1.82) is 0 Å². The van der Waals surface area contributed by atoms with Crippen molar-refractivity contribution in [2.75, 3.05) is 17.2 Å². The number of halogens is 2. The van der Waals surface area contributed by atoms with Gasteiger partial charge in [-0.1, -0.05) is 71.6 Å². The van der Waals surface area contributed by atoms with Gasteiger partial charge in [0.15, 0.2) is 0 Å². The zero-order chi connectivity index (χ0) is 13.5. The topological polar surface area (TPSA) is 50.1 Å². The second-order valence-corrected chi connectivity index (χ2v) is 11.2. The van der Waals surface area contributed by atoms with Crippen LogP contribution < -0.4 is 15.2 Å². The average Bonchev–Trinajstić information content (AvgIpc) is 3.00. The number of hydrogen-bond donors (Lipinski definition) is 3. The van der Waals surface area contributed by atoms with E-state index in [1.165, 1.54) is 0 Å². The molecule has 0 radical (unpaired) electrons. The summed E-state index contributed by atoms with van der Waals surface area (Å²) >= 11 is 7.57. The van der Waals surface area contributed by atoms with E-state index in [0.29, 0.717) is 0 Å². The predicted molar refractivity (Wildman–Crippen MR) is 98.4 cm³/mol. The maximum Gasteiger partial charge on any atom is 0.121 e. The van der Waals surface area contributed by atoms with Gasteiger partial charge in [0.1, 0.15) is 8.90 Å². The van der Waals surface area contributed by atoms with E-state index in [0.717, 1.165) is 28.3 Å². The maximum atomic E-state index is 6.44. The molecule has 1 aromatic rings. The SMILES string of the molecule is Nc1c(C2(Br)CSSN2)cccc1C1(Br)CSSN1. The van der Waals surface area contributed by atoms with E-state index < -0.39 is 0 Å². The number of hydrogen-bond acceptors (Lipinski definition) is 7. The Bertz CT molecular complexity index is 449. The van der Waals surface area contributed by atoms with Crippen molar-refractivity contribution in [2.24, 2.45) is 0 Å². The van der Waals surface area contributed by atoms with Crippen LogP contribution in [0.4, 0.5) is 5.69 Å². The Morgan fingerprint density at radius 2 is 1.47 bits per heavy atom. The van der Waals surface area contributed by atoms with Crippen LogP contribution in [0.25, 0.3) is 0 Å². The molecule has 0 spiro atoms. The fourth-order valence-corrected chi connectivity index (χ4v) is 9.86. The Morgan fingerprint density at radius 1 is 1.00 bits per heavy atom. The summed E-state index contributed by atoms with van der Waals surface area (Å²) in [5.74, 6) is 1.88. The van der Waals surface area contributed by atoms with Crippen molar-refractivity contribution in [1.82, 2.24) is 9.44 Å². The van der Waals surface area contributed by atoms with Crippen LogP contribution >= 0.6 is 75.4 Å². The standard InChI is InChI=1S/C10H11Br2N3S4/c11-9(4-16-18-14-9)6-2-1-3-7(8(6)13)10(12)5-17-19-15-10/h1-3,14-15H,4-5,13H2. The van der Waals surface area contributed by atoms with Crippen molar-refractivity contribution in [2.45, 2.75) is 8.90 Å². The van der Waals surface area contributed by atoms with Gasteiger partial charge in [0.2, 0.25) is 0 Å². The first-order valence-corrected chi connectivity index (χ1v) is 11.7. The highest BCUT2D eigenvalue weighted by molar-refractivity contribution is 9.10. The number of rotatable bonds is 2. The monoisotopic (exact) mass is 459 g/mol. The molecule has 3 nitrogen and oxygen atoms in total. The van der Waals surface area contributed by atoms with Gasteiger partial charge in [-0.3, -0.25) is 0 Å². The van der Waals surface area contributed by atoms with Crippen LogP contribution in [0, 0.1) is 0 Å². The van der Waals surface area contributed by atoms with Gasteiger partial charge in [0.25, 0.3) is 0 Å². The van der Waals surface area contributed by atoms with E-state index in [2.05, 4.69) is 59.5 Å². The lowest BCUT2D eigenvalue weighted by Gasteiger charge is -2.28. The van der Waals surface area contributed by atoms with Crippen molar-refractivity contribution < 1.29 is 0 Å². The van der Waals surface area contributed by atoms with Gasteiger partial charge in [0.05, 0.1) is 0 Å². The quantitative estimate of drug-likeness (QED) is 0.201. The Balaban J connectivity index is 2.04. The largest absolute Gasteiger partial charge is 0.398 e. The molecule has 2 unspecified atom stereocenters. The van der Waals surface area contributed by atoms with Gasteiger partial charge in [-0.25, -0.2) is 9.44 Å². The molecule has 3 rings (SSSR count). The van der Waals surface area contributed by atoms with Gasteiger partial charge in [-0.15, -0.1) is 0 Å². The van der Waals surface area contributed by atoms with E-state index in [-0.39, 0.29) is 8.90 Å². The molecule has 0 aromatic heterocycles. The van der Waals surface area contributed by atoms with Gasteiger partial charge >= 0.3 is 0 Å². The van der Waals surface area contributed by atoms with Crippen molar-refractivity contribution in [3.63, 3.8) is 0 Å². The van der Waals surface area contributed by atoms with Gasteiger partial charge in [0, 0.05) is 28.3 Å². The lowest BCUT2D eigenvalue weighted by molar-refractivity contribution is 0.702. The lowest BCUT2D eigenvalue weighted by atomic mass is 9.98. The molecule has 2 aliphatic heterocycles. The van der Waals surface area contributed by atoms with Gasteiger partial charge in [-0.05, 0) is 22.0 Å². The molecule has 4 N–H and O–H groups in total. The number of benzene rings is 1. The van der Waals surface area contributed by atoms with E-state index in [9.17, 15) is 0 Å². The van der Waals surface area contributed by atoms with Crippen molar-refractivity contribution in [3.8, 4) is 0 Å². The van der Waals surface area contributed by atoms with Crippen LogP contribution in [-0.2, 0) is 8.90 Å². The molecule has 1 aromatic carbocycles. The summed E-state index contributed by atoms with van der Waals surface area (Å²) in [4.78, 5) is 0. The molecule has 0 bridgehead atoms. The number of nitrogens with two attached hydrogens (primary N) is 1. The van der Waals surface area contributed by atoms with Crippen LogP contribution in [0.5, 0.6) is 0 Å². The molecule has 2 heterocycles. The van der Waals surface area contributed by atoms with E-state index in [1.54, 1.807) is 43.5 Å². The highest BCUT2D eigenvalue weighted by Crippen LogP contribution is 2.50. The number of anilines is 1. The maximum absolute atomic E-state index is 6.44. The summed E-state index contributed by atoms with van der Waals surface area (Å²) in [6, 6.07) is 6.23. The third-order valence-corrected chi connectivity index (χ3v) is 10.2. The third-order valence-electron chi connectivity index (χ3n) is 3.00. The summed E-state index contributed by atoms with van der Waals surface area (Å²) in [5.41, 5.74) is 9.48. The molecule has 0 saturated carbocycles. The summed E-state index contributed by atoms with van der Waals surface area (Å²) in [6.45, 7) is 0. The summed E-state index contributed by atoms with van der Waals surface area (Å²) in [6.07, 6.45) is 0. The minimum absolute atomic E-state index is 0.245. The number of para-hydroxylation sites is 1. The molecule has 0 amide bonds. The van der Waals surface area contributed by atoms with Crippen molar-refractivity contribution in [3.05, 3.63) is 29.3 Å². The summed E-state index contributed by atoms with van der Waals surface area (Å²) in [7, 11) is 6.88. The molecular formula is C10H11Br2N3S4. The van der Waals surface area contributed by atoms with Crippen molar-refractivity contribution >= 4 is 81.1 Å². The second-order valence-electron chi connectivity index (χ2n) is 4.26. The first-order valence-electron chi connectivity index (χ1n) is 5.44. The van der Waals surface area contributed by atoms with Crippen LogP contribution in [0.1, 0.15) is 11.1 Å². The smallest absolute Gasteiger partial charge is 0.121 e. The van der Waals surface area contributed by atoms with E-state index in [4.69, 9.17) is 5.73 Å². The highest BCUT2D eigenvalue weighted by atomic mass is 79.9. The number of nitrogens with one attached hydrogen (secondary N) is 2. The highest BCUT2D eigenvalue weighted by Gasteiger charge is 2.40. The number of nitrogen functional groups attached to an aromatic ring is 1. The van der Waals surface area contributed by atoms with E-state index in [1.807, 2.05) is 0 Å². The Kier molecular flexibility index (Phi) is 4.66. The Hall–Kier alpha value is 1.30. The Morgan fingerprint density at radius 3 is 1.84 bits per heavy atom. The van der Waals surface area contributed by atoms with Crippen LogP contribution in [0.2, 0.25) is 0 Å². The minimum Gasteiger partial charge on any atom is -0.398 e. The molecule has 2 aliphatic rings. The van der Waals surface area contributed by atoms with Gasteiger partial charge < -0.3 is 5.73 Å². The molecule has 9 heteroatoms. The summed E-state index contributed by atoms with van der Waals surface area (Å²) < 4.78 is 6.29. The van der Waals surface area contributed by atoms with E-state index >= 15 is 0 Å². The van der Waals surface area contributed by atoms with Crippen LogP contribution in [-0.4, -0.2) is 11.5 Å². The fourth-order valence-electron chi connectivity index (χ4n) is 1.99. The fraction of sp³-hybridized carbons (Fsp3) is 0.400.